The normalized spacial score (nSPS) is 12.8. The number of urea groups is 1. The Morgan fingerprint density at radius 3 is 2.52 bits per heavy atom. The lowest BCUT2D eigenvalue weighted by Gasteiger charge is -2.18. The molecule has 0 aliphatic carbocycles. The fourth-order valence-corrected chi connectivity index (χ4v) is 3.14. The summed E-state index contributed by atoms with van der Waals surface area (Å²) >= 11 is 0. The van der Waals surface area contributed by atoms with Gasteiger partial charge in [-0.25, -0.2) is 4.79 Å². The third-order valence-corrected chi connectivity index (χ3v) is 4.71. The Hall–Kier alpha value is -2.82. The zero-order chi connectivity index (χ0) is 19.4. The molecule has 5 heteroatoms. The van der Waals surface area contributed by atoms with Crippen LogP contribution >= 0.6 is 0 Å². The number of fused-ring (bicyclic) bond motifs is 1. The Labute approximate surface area is 160 Å². The molecule has 1 aliphatic rings. The highest BCUT2D eigenvalue weighted by Gasteiger charge is 2.25. The zero-order valence-electron chi connectivity index (χ0n) is 16.2. The van der Waals surface area contributed by atoms with Gasteiger partial charge in [-0.05, 0) is 48.6 Å². The van der Waals surface area contributed by atoms with Gasteiger partial charge in [0.1, 0.15) is 0 Å². The Kier molecular flexibility index (Phi) is 5.79. The number of nitrogens with one attached hydrogen (secondary N) is 2. The second-order valence-corrected chi connectivity index (χ2v) is 7.49. The van der Waals surface area contributed by atoms with Crippen LogP contribution in [-0.2, 0) is 13.0 Å². The SMILES string of the molecule is Cc1ccc(C(=O)N2CCc3ccc(CNC(=O)NCC(C)C)cc32)cc1. The van der Waals surface area contributed by atoms with Gasteiger partial charge < -0.3 is 15.5 Å². The Morgan fingerprint density at radius 1 is 1.07 bits per heavy atom. The molecular formula is C22H27N3O2. The molecule has 3 rings (SSSR count). The number of nitrogens with zero attached hydrogens (tertiary/aromatic N) is 1. The molecule has 0 bridgehead atoms. The van der Waals surface area contributed by atoms with Gasteiger partial charge in [-0.1, -0.05) is 43.7 Å². The van der Waals surface area contributed by atoms with Crippen LogP contribution < -0.4 is 15.5 Å². The number of carbonyl (C=O) groups excluding carboxylic acids is 2. The van der Waals surface area contributed by atoms with E-state index in [0.29, 0.717) is 31.1 Å². The lowest BCUT2D eigenvalue weighted by molar-refractivity contribution is 0.0989. The first kappa shape index (κ1) is 19.0. The van der Waals surface area contributed by atoms with E-state index in [1.54, 1.807) is 0 Å². The van der Waals surface area contributed by atoms with Gasteiger partial charge in [0.2, 0.25) is 0 Å². The summed E-state index contributed by atoms with van der Waals surface area (Å²) in [6, 6.07) is 13.6. The van der Waals surface area contributed by atoms with Crippen LogP contribution in [0.5, 0.6) is 0 Å². The molecule has 27 heavy (non-hydrogen) atoms. The number of hydrogen-bond donors (Lipinski definition) is 2. The molecule has 0 saturated carbocycles. The van der Waals surface area contributed by atoms with Crippen molar-refractivity contribution in [3.63, 3.8) is 0 Å². The highest BCUT2D eigenvalue weighted by Crippen LogP contribution is 2.30. The van der Waals surface area contributed by atoms with E-state index in [0.717, 1.165) is 23.2 Å². The topological polar surface area (TPSA) is 61.4 Å². The van der Waals surface area contributed by atoms with Gasteiger partial charge in [0.25, 0.3) is 5.91 Å². The minimum absolute atomic E-state index is 0.0218. The largest absolute Gasteiger partial charge is 0.338 e. The molecule has 3 amide bonds. The van der Waals surface area contributed by atoms with E-state index in [2.05, 4.69) is 30.5 Å². The number of amides is 3. The van der Waals surface area contributed by atoms with Crippen LogP contribution in [0.1, 0.15) is 40.9 Å². The van der Waals surface area contributed by atoms with Crippen molar-refractivity contribution in [2.75, 3.05) is 18.0 Å². The Balaban J connectivity index is 1.68. The van der Waals surface area contributed by atoms with Crippen molar-refractivity contribution in [3.05, 3.63) is 64.7 Å². The van der Waals surface area contributed by atoms with E-state index in [9.17, 15) is 9.59 Å². The minimum atomic E-state index is -0.170. The molecule has 0 fully saturated rings. The van der Waals surface area contributed by atoms with Gasteiger partial charge in [-0.15, -0.1) is 0 Å². The summed E-state index contributed by atoms with van der Waals surface area (Å²) in [5, 5.41) is 5.72. The van der Waals surface area contributed by atoms with Crippen LogP contribution in [0, 0.1) is 12.8 Å². The van der Waals surface area contributed by atoms with E-state index in [1.165, 1.54) is 5.56 Å². The number of rotatable bonds is 5. The summed E-state index contributed by atoms with van der Waals surface area (Å²) < 4.78 is 0. The summed E-state index contributed by atoms with van der Waals surface area (Å²) in [7, 11) is 0. The first-order valence-corrected chi connectivity index (χ1v) is 9.46. The van der Waals surface area contributed by atoms with E-state index in [4.69, 9.17) is 0 Å². The molecule has 0 radical (unpaired) electrons. The van der Waals surface area contributed by atoms with Crippen molar-refractivity contribution in [2.45, 2.75) is 33.7 Å². The fraction of sp³-hybridized carbons (Fsp3) is 0.364. The molecule has 1 heterocycles. The van der Waals surface area contributed by atoms with Crippen LogP contribution in [0.15, 0.2) is 42.5 Å². The summed E-state index contributed by atoms with van der Waals surface area (Å²) in [4.78, 5) is 26.6. The van der Waals surface area contributed by atoms with E-state index >= 15 is 0 Å². The van der Waals surface area contributed by atoms with Crippen LogP contribution in [0.25, 0.3) is 0 Å². The van der Waals surface area contributed by atoms with Crippen LogP contribution in [0.2, 0.25) is 0 Å². The van der Waals surface area contributed by atoms with E-state index in [-0.39, 0.29) is 11.9 Å². The number of anilines is 1. The van der Waals surface area contributed by atoms with Crippen LogP contribution in [0.3, 0.4) is 0 Å². The van der Waals surface area contributed by atoms with Gasteiger partial charge in [-0.2, -0.15) is 0 Å². The van der Waals surface area contributed by atoms with Crippen LogP contribution in [0.4, 0.5) is 10.5 Å². The molecule has 2 N–H and O–H groups in total. The highest BCUT2D eigenvalue weighted by atomic mass is 16.2. The number of carbonyl (C=O) groups is 2. The fourth-order valence-electron chi connectivity index (χ4n) is 3.14. The smallest absolute Gasteiger partial charge is 0.315 e. The molecular weight excluding hydrogens is 338 g/mol. The molecule has 1 aliphatic heterocycles. The first-order valence-electron chi connectivity index (χ1n) is 9.46. The van der Waals surface area contributed by atoms with Crippen molar-refractivity contribution in [1.29, 1.82) is 0 Å². The molecule has 0 saturated heterocycles. The predicted molar refractivity (Wildman–Crippen MR) is 108 cm³/mol. The van der Waals surface area contributed by atoms with E-state index < -0.39 is 0 Å². The predicted octanol–water partition coefficient (Wildman–Crippen LogP) is 3.65. The lowest BCUT2D eigenvalue weighted by atomic mass is 10.1. The summed E-state index contributed by atoms with van der Waals surface area (Å²) in [6.07, 6.45) is 0.857. The molecule has 142 valence electrons. The molecule has 5 nitrogen and oxygen atoms in total. The maximum Gasteiger partial charge on any atom is 0.315 e. The molecule has 0 spiro atoms. The third-order valence-electron chi connectivity index (χ3n) is 4.71. The number of hydrogen-bond acceptors (Lipinski definition) is 2. The number of benzene rings is 2. The van der Waals surface area contributed by atoms with Crippen LogP contribution in [-0.4, -0.2) is 25.0 Å². The molecule has 0 unspecified atom stereocenters. The van der Waals surface area contributed by atoms with Crippen molar-refractivity contribution in [3.8, 4) is 0 Å². The second-order valence-electron chi connectivity index (χ2n) is 7.49. The highest BCUT2D eigenvalue weighted by molar-refractivity contribution is 6.07. The first-order chi connectivity index (χ1) is 12.9. The average Bonchev–Trinajstić information content (AvgIpc) is 3.08. The second kappa shape index (κ2) is 8.25. The van der Waals surface area contributed by atoms with Gasteiger partial charge in [0.05, 0.1) is 0 Å². The Morgan fingerprint density at radius 2 is 1.81 bits per heavy atom. The van der Waals surface area contributed by atoms with E-state index in [1.807, 2.05) is 48.2 Å². The summed E-state index contributed by atoms with van der Waals surface area (Å²) in [5.74, 6) is 0.436. The maximum atomic E-state index is 12.9. The number of aryl methyl sites for hydroxylation is 1. The van der Waals surface area contributed by atoms with Gasteiger partial charge in [0, 0.05) is 30.9 Å². The standard InChI is InChI=1S/C22H27N3O2/c1-15(2)13-23-22(27)24-14-17-6-9-18-10-11-25(20(18)12-17)21(26)19-7-4-16(3)5-8-19/h4-9,12,15H,10-11,13-14H2,1-3H3,(H2,23,24,27). The van der Waals surface area contributed by atoms with Crippen molar-refractivity contribution in [1.82, 2.24) is 10.6 Å². The minimum Gasteiger partial charge on any atom is -0.338 e. The summed E-state index contributed by atoms with van der Waals surface area (Å²) in [5.41, 5.74) is 4.94. The Bertz CT molecular complexity index is 828. The average molecular weight is 365 g/mol. The lowest BCUT2D eigenvalue weighted by Crippen LogP contribution is -2.37. The molecule has 2 aromatic carbocycles. The van der Waals surface area contributed by atoms with Gasteiger partial charge in [0.15, 0.2) is 0 Å². The monoisotopic (exact) mass is 365 g/mol. The third kappa shape index (κ3) is 4.67. The molecule has 2 aromatic rings. The summed E-state index contributed by atoms with van der Waals surface area (Å²) in [6.45, 7) is 7.89. The van der Waals surface area contributed by atoms with Crippen molar-refractivity contribution >= 4 is 17.6 Å². The molecule has 0 aromatic heterocycles. The quantitative estimate of drug-likeness (QED) is 0.849. The van der Waals surface area contributed by atoms with Crippen molar-refractivity contribution in [2.24, 2.45) is 5.92 Å². The zero-order valence-corrected chi connectivity index (χ0v) is 16.2. The van der Waals surface area contributed by atoms with Gasteiger partial charge >= 0.3 is 6.03 Å². The molecule has 0 atom stereocenters. The van der Waals surface area contributed by atoms with Crippen molar-refractivity contribution < 1.29 is 9.59 Å². The van der Waals surface area contributed by atoms with Gasteiger partial charge in [-0.3, -0.25) is 4.79 Å². The maximum absolute atomic E-state index is 12.9.